The first kappa shape index (κ1) is 22.8. The molecule has 1 N–H and O–H groups in total. The first-order chi connectivity index (χ1) is 14.5. The van der Waals surface area contributed by atoms with Gasteiger partial charge in [-0.15, -0.1) is 0 Å². The normalized spacial score (nSPS) is 15.5. The van der Waals surface area contributed by atoms with Gasteiger partial charge in [-0.1, -0.05) is 36.7 Å². The van der Waals surface area contributed by atoms with Crippen LogP contribution in [0, 0.1) is 13.8 Å². The fourth-order valence-electron chi connectivity index (χ4n) is 4.05. The summed E-state index contributed by atoms with van der Waals surface area (Å²) in [5.74, 6) is -0.0352. The van der Waals surface area contributed by atoms with Crippen molar-refractivity contribution in [3.05, 3.63) is 51.8 Å². The Kier molecular flexibility index (Phi) is 8.31. The van der Waals surface area contributed by atoms with Crippen molar-refractivity contribution in [2.45, 2.75) is 40.2 Å². The Labute approximate surface area is 185 Å². The maximum atomic E-state index is 12.7. The highest BCUT2D eigenvalue weighted by Crippen LogP contribution is 2.19. The van der Waals surface area contributed by atoms with Gasteiger partial charge in [-0.05, 0) is 51.4 Å². The van der Waals surface area contributed by atoms with Gasteiger partial charge in [-0.2, -0.15) is 5.10 Å². The highest BCUT2D eigenvalue weighted by atomic mass is 35.5. The van der Waals surface area contributed by atoms with Crippen LogP contribution in [-0.4, -0.2) is 71.3 Å². The van der Waals surface area contributed by atoms with Gasteiger partial charge in [-0.3, -0.25) is 9.48 Å². The third-order valence-electron chi connectivity index (χ3n) is 5.99. The van der Waals surface area contributed by atoms with Crippen molar-refractivity contribution >= 4 is 17.5 Å². The summed E-state index contributed by atoms with van der Waals surface area (Å²) in [6.07, 6.45) is 2.10. The summed E-state index contributed by atoms with van der Waals surface area (Å²) in [5.41, 5.74) is 3.30. The monoisotopic (exact) mass is 431 g/mol. The van der Waals surface area contributed by atoms with Gasteiger partial charge in [0, 0.05) is 43.4 Å². The van der Waals surface area contributed by atoms with Gasteiger partial charge in [0.1, 0.15) is 0 Å². The number of hydrogen-bond donors (Lipinski definition) is 1. The lowest BCUT2D eigenvalue weighted by Crippen LogP contribution is -2.46. The number of halogens is 1. The number of hydrogen-bond acceptors (Lipinski definition) is 4. The van der Waals surface area contributed by atoms with Crippen molar-refractivity contribution in [1.29, 1.82) is 0 Å². The second kappa shape index (κ2) is 10.9. The summed E-state index contributed by atoms with van der Waals surface area (Å²) in [4.78, 5) is 17.8. The number of aryl methyl sites for hydroxylation is 1. The van der Waals surface area contributed by atoms with E-state index >= 15 is 0 Å². The highest BCUT2D eigenvalue weighted by molar-refractivity contribution is 6.31. The van der Waals surface area contributed by atoms with E-state index in [0.717, 1.165) is 56.0 Å². The van der Waals surface area contributed by atoms with E-state index < -0.39 is 0 Å². The van der Waals surface area contributed by atoms with Gasteiger partial charge in [0.15, 0.2) is 0 Å². The van der Waals surface area contributed by atoms with Gasteiger partial charge in [0.25, 0.3) is 5.91 Å². The Balaban J connectivity index is 1.45. The molecule has 2 heterocycles. The number of carbonyl (C=O) groups excluding carboxylic acids is 1. The molecule has 164 valence electrons. The lowest BCUT2D eigenvalue weighted by Gasteiger charge is -2.33. The molecule has 1 aliphatic rings. The Morgan fingerprint density at radius 3 is 2.50 bits per heavy atom. The second-order valence-corrected chi connectivity index (χ2v) is 8.44. The van der Waals surface area contributed by atoms with Crippen molar-refractivity contribution in [3.63, 3.8) is 0 Å². The van der Waals surface area contributed by atoms with Crippen LogP contribution in [0.15, 0.2) is 24.3 Å². The Hall–Kier alpha value is -1.89. The van der Waals surface area contributed by atoms with E-state index in [4.69, 9.17) is 11.6 Å². The van der Waals surface area contributed by atoms with E-state index in [0.29, 0.717) is 23.7 Å². The van der Waals surface area contributed by atoms with Crippen molar-refractivity contribution in [2.24, 2.45) is 0 Å². The summed E-state index contributed by atoms with van der Waals surface area (Å²) in [5, 5.41) is 8.37. The third-order valence-corrected chi connectivity index (χ3v) is 6.35. The minimum absolute atomic E-state index is 0.0352. The number of piperazine rings is 1. The molecule has 1 aromatic carbocycles. The van der Waals surface area contributed by atoms with Gasteiger partial charge in [0.2, 0.25) is 0 Å². The average Bonchev–Trinajstić information content (AvgIpc) is 3.02. The molecule has 6 nitrogen and oxygen atoms in total. The standard InChI is InChI=1S/C23H34ClN5O/c1-4-27-13-15-28(16-14-27)12-8-7-11-25-23(30)22-18(2)26-29(19(22)3)17-20-9-5-6-10-21(20)24/h5-6,9-10H,4,7-8,11-17H2,1-3H3,(H,25,30). The van der Waals surface area contributed by atoms with Crippen LogP contribution in [0.5, 0.6) is 0 Å². The zero-order valence-corrected chi connectivity index (χ0v) is 19.2. The molecule has 30 heavy (non-hydrogen) atoms. The Morgan fingerprint density at radius 1 is 1.10 bits per heavy atom. The molecule has 0 atom stereocenters. The van der Waals surface area contributed by atoms with Crippen LogP contribution in [0.2, 0.25) is 5.02 Å². The summed E-state index contributed by atoms with van der Waals surface area (Å²) < 4.78 is 1.86. The summed E-state index contributed by atoms with van der Waals surface area (Å²) in [7, 11) is 0. The minimum atomic E-state index is -0.0352. The molecular formula is C23H34ClN5O. The Bertz CT molecular complexity index is 842. The number of amides is 1. The van der Waals surface area contributed by atoms with E-state index in [2.05, 4.69) is 27.1 Å². The SMILES string of the molecule is CCN1CCN(CCCCNC(=O)c2c(C)nn(Cc3ccccc3Cl)c2C)CC1. The zero-order valence-electron chi connectivity index (χ0n) is 18.5. The molecular weight excluding hydrogens is 398 g/mol. The second-order valence-electron chi connectivity index (χ2n) is 8.03. The minimum Gasteiger partial charge on any atom is -0.352 e. The number of carbonyl (C=O) groups is 1. The quantitative estimate of drug-likeness (QED) is 0.618. The number of nitrogens with zero attached hydrogens (tertiary/aromatic N) is 4. The predicted molar refractivity (Wildman–Crippen MR) is 122 cm³/mol. The molecule has 1 amide bonds. The van der Waals surface area contributed by atoms with Crippen molar-refractivity contribution in [3.8, 4) is 0 Å². The average molecular weight is 432 g/mol. The van der Waals surface area contributed by atoms with Crippen LogP contribution in [-0.2, 0) is 6.54 Å². The number of benzene rings is 1. The molecule has 0 aliphatic carbocycles. The van der Waals surface area contributed by atoms with E-state index in [1.807, 2.05) is 42.8 Å². The van der Waals surface area contributed by atoms with Crippen LogP contribution in [0.1, 0.15) is 47.1 Å². The Morgan fingerprint density at radius 2 is 1.80 bits per heavy atom. The fourth-order valence-corrected chi connectivity index (χ4v) is 4.24. The molecule has 1 aliphatic heterocycles. The first-order valence-electron chi connectivity index (χ1n) is 11.0. The van der Waals surface area contributed by atoms with Gasteiger partial charge >= 0.3 is 0 Å². The van der Waals surface area contributed by atoms with Crippen LogP contribution in [0.3, 0.4) is 0 Å². The molecule has 2 aromatic rings. The van der Waals surface area contributed by atoms with Crippen molar-refractivity contribution in [2.75, 3.05) is 45.8 Å². The van der Waals surface area contributed by atoms with E-state index in [1.165, 1.54) is 13.1 Å². The van der Waals surface area contributed by atoms with Crippen LogP contribution in [0.4, 0.5) is 0 Å². The molecule has 7 heteroatoms. The van der Waals surface area contributed by atoms with E-state index in [1.54, 1.807) is 0 Å². The maximum Gasteiger partial charge on any atom is 0.255 e. The molecule has 0 saturated carbocycles. The number of rotatable bonds is 9. The number of aromatic nitrogens is 2. The van der Waals surface area contributed by atoms with Gasteiger partial charge < -0.3 is 15.1 Å². The highest BCUT2D eigenvalue weighted by Gasteiger charge is 2.19. The van der Waals surface area contributed by atoms with Gasteiger partial charge in [0.05, 0.1) is 17.8 Å². The summed E-state index contributed by atoms with van der Waals surface area (Å²) >= 11 is 6.28. The number of nitrogens with one attached hydrogen (secondary N) is 1. The molecule has 3 rings (SSSR count). The number of likely N-dealkylation sites (N-methyl/N-ethyl adjacent to an activating group) is 1. The topological polar surface area (TPSA) is 53.4 Å². The summed E-state index contributed by atoms with van der Waals surface area (Å²) in [6, 6.07) is 7.74. The molecule has 1 saturated heterocycles. The first-order valence-corrected chi connectivity index (χ1v) is 11.4. The molecule has 1 aromatic heterocycles. The zero-order chi connectivity index (χ0) is 21.5. The lowest BCUT2D eigenvalue weighted by molar-refractivity contribution is 0.0950. The number of unbranched alkanes of at least 4 members (excludes halogenated alkanes) is 1. The van der Waals surface area contributed by atoms with Crippen molar-refractivity contribution in [1.82, 2.24) is 24.9 Å². The maximum absolute atomic E-state index is 12.7. The molecule has 0 unspecified atom stereocenters. The van der Waals surface area contributed by atoms with Crippen LogP contribution in [0.25, 0.3) is 0 Å². The third kappa shape index (κ3) is 5.84. The smallest absolute Gasteiger partial charge is 0.255 e. The molecule has 1 fully saturated rings. The lowest BCUT2D eigenvalue weighted by atomic mass is 10.1. The van der Waals surface area contributed by atoms with E-state index in [-0.39, 0.29) is 5.91 Å². The van der Waals surface area contributed by atoms with Crippen LogP contribution >= 0.6 is 11.6 Å². The van der Waals surface area contributed by atoms with Crippen LogP contribution < -0.4 is 5.32 Å². The van der Waals surface area contributed by atoms with E-state index in [9.17, 15) is 4.79 Å². The van der Waals surface area contributed by atoms with Gasteiger partial charge in [-0.25, -0.2) is 0 Å². The molecule has 0 spiro atoms. The summed E-state index contributed by atoms with van der Waals surface area (Å²) in [6.45, 7) is 14.2. The van der Waals surface area contributed by atoms with Crippen molar-refractivity contribution < 1.29 is 4.79 Å². The predicted octanol–water partition coefficient (Wildman–Crippen LogP) is 3.35. The largest absolute Gasteiger partial charge is 0.352 e. The molecule has 0 radical (unpaired) electrons. The fraction of sp³-hybridized carbons (Fsp3) is 0.565. The molecule has 0 bridgehead atoms.